The lowest BCUT2D eigenvalue weighted by atomic mass is 10.1. The van der Waals surface area contributed by atoms with Crippen LogP contribution in [0.15, 0.2) is 24.3 Å². The summed E-state index contributed by atoms with van der Waals surface area (Å²) in [6.45, 7) is 2.58. The highest BCUT2D eigenvalue weighted by atomic mass is 35.5. The van der Waals surface area contributed by atoms with Gasteiger partial charge in [-0.1, -0.05) is 34.8 Å². The molecule has 0 atom stereocenters. The zero-order chi connectivity index (χ0) is 14.0. The van der Waals surface area contributed by atoms with E-state index in [0.717, 1.165) is 0 Å². The smallest absolute Gasteiger partial charge is 0.145 e. The Hall–Kier alpha value is -1.03. The molecule has 0 saturated carbocycles. The third-order valence-corrected chi connectivity index (χ3v) is 3.36. The van der Waals surface area contributed by atoms with Gasteiger partial charge in [-0.3, -0.25) is 0 Å². The molecule has 0 radical (unpaired) electrons. The molecule has 0 bridgehead atoms. The van der Waals surface area contributed by atoms with E-state index in [4.69, 9.17) is 34.8 Å². The van der Waals surface area contributed by atoms with E-state index >= 15 is 0 Å². The van der Waals surface area contributed by atoms with Gasteiger partial charge in [-0.15, -0.1) is 0 Å². The standard InChI is InChI=1S/C13H10Cl3FN2/c1-2-18-13-11(16)6-10(15)12(19-13)8-5-7(17)3-4-9(8)14/h3-6H,2H2,1H3,(H,18,19). The molecule has 1 heterocycles. The van der Waals surface area contributed by atoms with Gasteiger partial charge in [0, 0.05) is 12.1 Å². The molecule has 0 spiro atoms. The molecule has 0 aliphatic rings. The first-order chi connectivity index (χ1) is 9.02. The molecule has 2 rings (SSSR count). The molecule has 19 heavy (non-hydrogen) atoms. The van der Waals surface area contributed by atoms with E-state index in [0.29, 0.717) is 38.7 Å². The second-order valence-electron chi connectivity index (χ2n) is 3.80. The Balaban J connectivity index is 2.61. The van der Waals surface area contributed by atoms with E-state index < -0.39 is 5.82 Å². The van der Waals surface area contributed by atoms with Gasteiger partial charge in [0.05, 0.1) is 20.8 Å². The van der Waals surface area contributed by atoms with Crippen LogP contribution in [0.3, 0.4) is 0 Å². The molecule has 0 fully saturated rings. The van der Waals surface area contributed by atoms with E-state index in [2.05, 4.69) is 10.3 Å². The van der Waals surface area contributed by atoms with Crippen LogP contribution in [0.5, 0.6) is 0 Å². The number of nitrogens with zero attached hydrogens (tertiary/aromatic N) is 1. The van der Waals surface area contributed by atoms with Gasteiger partial charge in [-0.05, 0) is 31.2 Å². The van der Waals surface area contributed by atoms with Gasteiger partial charge in [0.25, 0.3) is 0 Å². The first-order valence-corrected chi connectivity index (χ1v) is 6.71. The molecule has 100 valence electrons. The number of rotatable bonds is 3. The SMILES string of the molecule is CCNc1nc(-c2cc(F)ccc2Cl)c(Cl)cc1Cl. The predicted molar refractivity (Wildman–Crippen MR) is 78.8 cm³/mol. The molecular weight excluding hydrogens is 310 g/mol. The Kier molecular flexibility index (Phi) is 4.50. The fourth-order valence-electron chi connectivity index (χ4n) is 1.63. The Morgan fingerprint density at radius 1 is 1.11 bits per heavy atom. The van der Waals surface area contributed by atoms with Crippen LogP contribution >= 0.6 is 34.8 Å². The van der Waals surface area contributed by atoms with Crippen molar-refractivity contribution in [3.8, 4) is 11.3 Å². The Bertz CT molecular complexity index is 617. The van der Waals surface area contributed by atoms with Crippen LogP contribution in [0.1, 0.15) is 6.92 Å². The summed E-state index contributed by atoms with van der Waals surface area (Å²) in [4.78, 5) is 4.31. The monoisotopic (exact) mass is 318 g/mol. The molecular formula is C13H10Cl3FN2. The number of aromatic nitrogens is 1. The van der Waals surface area contributed by atoms with Crippen molar-refractivity contribution in [3.63, 3.8) is 0 Å². The lowest BCUT2D eigenvalue weighted by Crippen LogP contribution is -2.01. The van der Waals surface area contributed by atoms with Crippen LogP contribution in [0.4, 0.5) is 10.2 Å². The molecule has 0 unspecified atom stereocenters. The number of halogens is 4. The van der Waals surface area contributed by atoms with Crippen molar-refractivity contribution in [2.45, 2.75) is 6.92 Å². The van der Waals surface area contributed by atoms with Gasteiger partial charge < -0.3 is 5.32 Å². The highest BCUT2D eigenvalue weighted by Gasteiger charge is 2.14. The van der Waals surface area contributed by atoms with E-state index in [9.17, 15) is 4.39 Å². The molecule has 0 saturated heterocycles. The van der Waals surface area contributed by atoms with Gasteiger partial charge >= 0.3 is 0 Å². The zero-order valence-corrected chi connectivity index (χ0v) is 12.2. The maximum absolute atomic E-state index is 13.3. The first-order valence-electron chi connectivity index (χ1n) is 5.58. The molecule has 0 aliphatic carbocycles. The molecule has 0 aliphatic heterocycles. The van der Waals surface area contributed by atoms with Crippen molar-refractivity contribution in [1.29, 1.82) is 0 Å². The lowest BCUT2D eigenvalue weighted by molar-refractivity contribution is 0.628. The topological polar surface area (TPSA) is 24.9 Å². The number of benzene rings is 1. The average molecular weight is 320 g/mol. The second kappa shape index (κ2) is 5.95. The molecule has 0 amide bonds. The highest BCUT2D eigenvalue weighted by molar-refractivity contribution is 6.38. The van der Waals surface area contributed by atoms with Gasteiger partial charge in [-0.25, -0.2) is 9.37 Å². The van der Waals surface area contributed by atoms with Gasteiger partial charge in [0.1, 0.15) is 11.6 Å². The summed E-state index contributed by atoms with van der Waals surface area (Å²) in [5.41, 5.74) is 0.828. The van der Waals surface area contributed by atoms with Gasteiger partial charge in [0.2, 0.25) is 0 Å². The zero-order valence-electron chi connectivity index (χ0n) is 9.98. The molecule has 2 aromatic rings. The summed E-state index contributed by atoms with van der Waals surface area (Å²) in [5, 5.41) is 4.11. The molecule has 2 nitrogen and oxygen atoms in total. The first kappa shape index (κ1) is 14.4. The second-order valence-corrected chi connectivity index (χ2v) is 5.03. The third kappa shape index (κ3) is 3.11. The van der Waals surface area contributed by atoms with Crippen LogP contribution in [0.2, 0.25) is 15.1 Å². The van der Waals surface area contributed by atoms with Crippen LogP contribution in [-0.2, 0) is 0 Å². The van der Waals surface area contributed by atoms with Crippen LogP contribution in [-0.4, -0.2) is 11.5 Å². The Morgan fingerprint density at radius 2 is 1.84 bits per heavy atom. The Morgan fingerprint density at radius 3 is 2.53 bits per heavy atom. The minimum Gasteiger partial charge on any atom is -0.369 e. The van der Waals surface area contributed by atoms with Crippen molar-refractivity contribution in [2.75, 3.05) is 11.9 Å². The summed E-state index contributed by atoms with van der Waals surface area (Å²) >= 11 is 18.2. The maximum Gasteiger partial charge on any atom is 0.145 e. The molecule has 6 heteroatoms. The quantitative estimate of drug-likeness (QED) is 0.832. The summed E-state index contributed by atoms with van der Waals surface area (Å²) in [5.74, 6) is 0.0844. The summed E-state index contributed by atoms with van der Waals surface area (Å²) < 4.78 is 13.3. The normalized spacial score (nSPS) is 10.6. The minimum atomic E-state index is -0.405. The number of anilines is 1. The summed E-state index contributed by atoms with van der Waals surface area (Å²) in [6, 6.07) is 5.59. The predicted octanol–water partition coefficient (Wildman–Crippen LogP) is 5.28. The summed E-state index contributed by atoms with van der Waals surface area (Å²) in [6.07, 6.45) is 0. The number of nitrogens with one attached hydrogen (secondary N) is 1. The van der Waals surface area contributed by atoms with Crippen LogP contribution in [0.25, 0.3) is 11.3 Å². The van der Waals surface area contributed by atoms with Gasteiger partial charge in [-0.2, -0.15) is 0 Å². The molecule has 1 aromatic carbocycles. The van der Waals surface area contributed by atoms with E-state index in [1.54, 1.807) is 6.07 Å². The Labute approximate surface area is 125 Å². The summed E-state index contributed by atoms with van der Waals surface area (Å²) in [7, 11) is 0. The number of pyridine rings is 1. The van der Waals surface area contributed by atoms with E-state index in [1.165, 1.54) is 18.2 Å². The lowest BCUT2D eigenvalue weighted by Gasteiger charge is -2.11. The van der Waals surface area contributed by atoms with Crippen molar-refractivity contribution in [2.24, 2.45) is 0 Å². The van der Waals surface area contributed by atoms with Crippen molar-refractivity contribution >= 4 is 40.6 Å². The maximum atomic E-state index is 13.3. The largest absolute Gasteiger partial charge is 0.369 e. The minimum absolute atomic E-state index is 0.319. The fourth-order valence-corrected chi connectivity index (χ4v) is 2.36. The van der Waals surface area contributed by atoms with Crippen molar-refractivity contribution < 1.29 is 4.39 Å². The highest BCUT2D eigenvalue weighted by Crippen LogP contribution is 2.36. The fraction of sp³-hybridized carbons (Fsp3) is 0.154. The van der Waals surface area contributed by atoms with Crippen LogP contribution in [0, 0.1) is 5.82 Å². The number of hydrogen-bond acceptors (Lipinski definition) is 2. The van der Waals surface area contributed by atoms with E-state index in [1.807, 2.05) is 6.92 Å². The van der Waals surface area contributed by atoms with Crippen molar-refractivity contribution in [3.05, 3.63) is 45.2 Å². The third-order valence-electron chi connectivity index (χ3n) is 2.46. The molecule has 1 aromatic heterocycles. The van der Waals surface area contributed by atoms with Crippen LogP contribution < -0.4 is 5.32 Å². The van der Waals surface area contributed by atoms with Gasteiger partial charge in [0.15, 0.2) is 0 Å². The molecule has 1 N–H and O–H groups in total. The number of hydrogen-bond donors (Lipinski definition) is 1. The van der Waals surface area contributed by atoms with Crippen molar-refractivity contribution in [1.82, 2.24) is 4.98 Å². The average Bonchev–Trinajstić information content (AvgIpc) is 2.36. The van der Waals surface area contributed by atoms with E-state index in [-0.39, 0.29) is 0 Å².